The van der Waals surface area contributed by atoms with E-state index in [0.29, 0.717) is 22.7 Å². The van der Waals surface area contributed by atoms with Crippen molar-refractivity contribution < 1.29 is 18.0 Å². The van der Waals surface area contributed by atoms with E-state index in [1.165, 1.54) is 0 Å². The first kappa shape index (κ1) is 22.2. The monoisotopic (exact) mass is 455 g/mol. The zero-order valence-corrected chi connectivity index (χ0v) is 17.8. The van der Waals surface area contributed by atoms with E-state index < -0.39 is 17.8 Å². The molecule has 1 aromatic carbocycles. The second-order valence-electron chi connectivity index (χ2n) is 7.32. The van der Waals surface area contributed by atoms with E-state index in [9.17, 15) is 18.0 Å². The molecule has 4 aromatic rings. The molecule has 0 bridgehead atoms. The third-order valence-electron chi connectivity index (χ3n) is 4.92. The molecule has 11 heteroatoms. The fourth-order valence-electron chi connectivity index (χ4n) is 3.17. The van der Waals surface area contributed by atoms with Gasteiger partial charge in [0.05, 0.1) is 24.0 Å². The topological polar surface area (TPSA) is 97.6 Å². The lowest BCUT2D eigenvalue weighted by molar-refractivity contribution is -0.141. The van der Waals surface area contributed by atoms with Crippen LogP contribution in [0.3, 0.4) is 0 Å². The Morgan fingerprint density at radius 1 is 1.15 bits per heavy atom. The average molecular weight is 455 g/mol. The van der Waals surface area contributed by atoms with E-state index >= 15 is 0 Å². The molecule has 33 heavy (non-hydrogen) atoms. The number of hydrogen-bond acceptors (Lipinski definition) is 6. The van der Waals surface area contributed by atoms with E-state index in [2.05, 4.69) is 30.7 Å². The van der Waals surface area contributed by atoms with Crippen molar-refractivity contribution in [2.75, 3.05) is 10.6 Å². The van der Waals surface area contributed by atoms with Crippen molar-refractivity contribution in [3.8, 4) is 0 Å². The van der Waals surface area contributed by atoms with Crippen molar-refractivity contribution in [1.82, 2.24) is 24.7 Å². The average Bonchev–Trinajstić information content (AvgIpc) is 3.21. The first-order valence-electron chi connectivity index (χ1n) is 10.1. The summed E-state index contributed by atoms with van der Waals surface area (Å²) in [5.41, 5.74) is 1.57. The normalized spacial score (nSPS) is 12.5. The van der Waals surface area contributed by atoms with Gasteiger partial charge < -0.3 is 10.6 Å². The summed E-state index contributed by atoms with van der Waals surface area (Å²) in [4.78, 5) is 24.6. The molecular formula is C22H20F3N7O. The van der Waals surface area contributed by atoms with Gasteiger partial charge in [-0.2, -0.15) is 18.3 Å². The minimum Gasteiger partial charge on any atom is -0.362 e. The van der Waals surface area contributed by atoms with Crippen LogP contribution in [0.1, 0.15) is 41.5 Å². The minimum absolute atomic E-state index is 0.0228. The predicted octanol–water partition coefficient (Wildman–Crippen LogP) is 4.69. The summed E-state index contributed by atoms with van der Waals surface area (Å²) < 4.78 is 39.7. The second kappa shape index (κ2) is 8.85. The Hall–Kier alpha value is -4.02. The Morgan fingerprint density at radius 2 is 1.97 bits per heavy atom. The maximum atomic E-state index is 12.7. The Morgan fingerprint density at radius 3 is 2.67 bits per heavy atom. The smallest absolute Gasteiger partial charge is 0.362 e. The van der Waals surface area contributed by atoms with Gasteiger partial charge in [-0.05, 0) is 43.7 Å². The molecule has 0 saturated carbocycles. The quantitative estimate of drug-likeness (QED) is 0.438. The summed E-state index contributed by atoms with van der Waals surface area (Å²) in [6.07, 6.45) is -0.199. The van der Waals surface area contributed by atoms with E-state index in [-0.39, 0.29) is 11.6 Å². The fraction of sp³-hybridized carbons (Fsp3) is 0.227. The fourth-order valence-corrected chi connectivity index (χ4v) is 3.17. The molecule has 3 heterocycles. The molecule has 0 aliphatic heterocycles. The number of benzene rings is 1. The lowest BCUT2D eigenvalue weighted by atomic mass is 10.1. The van der Waals surface area contributed by atoms with Crippen LogP contribution in [0.5, 0.6) is 0 Å². The maximum absolute atomic E-state index is 12.7. The highest BCUT2D eigenvalue weighted by molar-refractivity contribution is 6.04. The molecule has 3 aromatic heterocycles. The first-order chi connectivity index (χ1) is 15.7. The van der Waals surface area contributed by atoms with Crippen molar-refractivity contribution >= 4 is 28.6 Å². The number of nitrogens with zero attached hydrogens (tertiary/aromatic N) is 5. The Labute approximate surface area is 186 Å². The third kappa shape index (κ3) is 5.08. The Balaban J connectivity index is 1.45. The number of aryl methyl sites for hydroxylation is 1. The van der Waals surface area contributed by atoms with Gasteiger partial charge in [0.25, 0.3) is 5.91 Å². The number of hydrogen-bond donors (Lipinski definition) is 2. The summed E-state index contributed by atoms with van der Waals surface area (Å²) in [6, 6.07) is 8.80. The molecule has 0 fully saturated rings. The number of rotatable bonds is 6. The highest BCUT2D eigenvalue weighted by atomic mass is 19.4. The van der Waals surface area contributed by atoms with E-state index in [1.807, 2.05) is 26.1 Å². The minimum atomic E-state index is -4.56. The van der Waals surface area contributed by atoms with Crippen molar-refractivity contribution in [2.45, 2.75) is 32.6 Å². The Kier molecular flexibility index (Phi) is 5.95. The zero-order chi connectivity index (χ0) is 23.6. The molecule has 0 spiro atoms. The SMILES string of the molecule is CCn1cc2ncc(N[C@@H](C)c3cccc(NC(=O)c4ccc(C(F)(F)F)nc4)c3)nc2n1. The molecule has 0 radical (unpaired) electrons. The summed E-state index contributed by atoms with van der Waals surface area (Å²) in [7, 11) is 0. The van der Waals surface area contributed by atoms with Gasteiger partial charge in [0.2, 0.25) is 5.65 Å². The summed E-state index contributed by atoms with van der Waals surface area (Å²) in [5.74, 6) is -0.00145. The third-order valence-corrected chi connectivity index (χ3v) is 4.92. The van der Waals surface area contributed by atoms with Crippen LogP contribution in [-0.4, -0.2) is 30.6 Å². The van der Waals surface area contributed by atoms with Gasteiger partial charge in [-0.15, -0.1) is 0 Å². The highest BCUT2D eigenvalue weighted by Crippen LogP contribution is 2.27. The number of amides is 1. The number of alkyl halides is 3. The number of pyridine rings is 1. The zero-order valence-electron chi connectivity index (χ0n) is 17.8. The molecule has 0 unspecified atom stereocenters. The number of halogens is 3. The van der Waals surface area contributed by atoms with Crippen molar-refractivity contribution in [3.05, 3.63) is 71.8 Å². The standard InChI is InChI=1S/C22H20F3N7O/c1-3-32-12-17-20(31-32)30-19(11-26-17)28-13(2)14-5-4-6-16(9-14)29-21(33)15-7-8-18(27-10-15)22(23,24)25/h4-13H,3H2,1-2H3,(H,29,33)(H,28,30,31)/t13-/m0/s1. The van der Waals surface area contributed by atoms with E-state index in [0.717, 1.165) is 30.4 Å². The summed E-state index contributed by atoms with van der Waals surface area (Å²) >= 11 is 0. The van der Waals surface area contributed by atoms with Gasteiger partial charge in [-0.3, -0.25) is 14.5 Å². The van der Waals surface area contributed by atoms with Crippen LogP contribution >= 0.6 is 0 Å². The van der Waals surface area contributed by atoms with Crippen LogP contribution in [-0.2, 0) is 12.7 Å². The van der Waals surface area contributed by atoms with E-state index in [1.54, 1.807) is 29.1 Å². The van der Waals surface area contributed by atoms with Gasteiger partial charge in [0.1, 0.15) is 17.0 Å². The maximum Gasteiger partial charge on any atom is 0.433 e. The van der Waals surface area contributed by atoms with Crippen LogP contribution < -0.4 is 10.6 Å². The number of carbonyl (C=O) groups is 1. The van der Waals surface area contributed by atoms with Crippen LogP contribution in [0.4, 0.5) is 24.7 Å². The number of carbonyl (C=O) groups excluding carboxylic acids is 1. The van der Waals surface area contributed by atoms with E-state index in [4.69, 9.17) is 0 Å². The van der Waals surface area contributed by atoms with Gasteiger partial charge in [0, 0.05) is 18.4 Å². The molecule has 4 rings (SSSR count). The largest absolute Gasteiger partial charge is 0.433 e. The van der Waals surface area contributed by atoms with Crippen molar-refractivity contribution in [2.24, 2.45) is 0 Å². The van der Waals surface area contributed by atoms with Gasteiger partial charge in [0.15, 0.2) is 0 Å². The van der Waals surface area contributed by atoms with Crippen LogP contribution in [0.25, 0.3) is 11.2 Å². The second-order valence-corrected chi connectivity index (χ2v) is 7.32. The van der Waals surface area contributed by atoms with Crippen molar-refractivity contribution in [3.63, 3.8) is 0 Å². The highest BCUT2D eigenvalue weighted by Gasteiger charge is 2.32. The van der Waals surface area contributed by atoms with Gasteiger partial charge in [-0.25, -0.2) is 9.97 Å². The molecule has 0 aliphatic rings. The lowest BCUT2D eigenvalue weighted by Crippen LogP contribution is -2.15. The number of aromatic nitrogens is 5. The molecule has 8 nitrogen and oxygen atoms in total. The molecular weight excluding hydrogens is 435 g/mol. The number of anilines is 2. The van der Waals surface area contributed by atoms with Gasteiger partial charge >= 0.3 is 6.18 Å². The lowest BCUT2D eigenvalue weighted by Gasteiger charge is -2.16. The number of fused-ring (bicyclic) bond motifs is 1. The van der Waals surface area contributed by atoms with Crippen LogP contribution in [0.15, 0.2) is 55.0 Å². The molecule has 0 saturated heterocycles. The Bertz CT molecular complexity index is 1290. The molecule has 2 N–H and O–H groups in total. The number of nitrogens with one attached hydrogen (secondary N) is 2. The molecule has 0 aliphatic carbocycles. The van der Waals surface area contributed by atoms with Crippen molar-refractivity contribution in [1.29, 1.82) is 0 Å². The van der Waals surface area contributed by atoms with Gasteiger partial charge in [-0.1, -0.05) is 12.1 Å². The summed E-state index contributed by atoms with van der Waals surface area (Å²) in [5, 5.41) is 10.3. The van der Waals surface area contributed by atoms with Crippen LogP contribution in [0, 0.1) is 0 Å². The predicted molar refractivity (Wildman–Crippen MR) is 117 cm³/mol. The molecule has 1 amide bonds. The van der Waals surface area contributed by atoms with Crippen LogP contribution in [0.2, 0.25) is 0 Å². The first-order valence-corrected chi connectivity index (χ1v) is 10.1. The molecule has 170 valence electrons. The molecule has 1 atom stereocenters. The summed E-state index contributed by atoms with van der Waals surface area (Å²) in [6.45, 7) is 4.63.